The Balaban J connectivity index is 2.58. The van der Waals surface area contributed by atoms with Crippen LogP contribution in [0.5, 0.6) is 0 Å². The predicted molar refractivity (Wildman–Crippen MR) is 47.2 cm³/mol. The van der Waals surface area contributed by atoms with Crippen molar-refractivity contribution in [1.29, 1.82) is 0 Å². The van der Waals surface area contributed by atoms with Crippen LogP contribution in [0.3, 0.4) is 0 Å². The van der Waals surface area contributed by atoms with Crippen LogP contribution in [0.1, 0.15) is 27.6 Å². The SMILES string of the molecule is Cc1nc(C=O)nc2c1CSC2. The van der Waals surface area contributed by atoms with Crippen molar-refractivity contribution < 1.29 is 4.79 Å². The second kappa shape index (κ2) is 2.86. The van der Waals surface area contributed by atoms with Crippen molar-refractivity contribution in [2.24, 2.45) is 0 Å². The number of hydrogen-bond acceptors (Lipinski definition) is 4. The molecule has 1 aromatic rings. The third-order valence-corrected chi connectivity index (χ3v) is 2.88. The lowest BCUT2D eigenvalue weighted by molar-refractivity contribution is 0.111. The lowest BCUT2D eigenvalue weighted by Crippen LogP contribution is -2.01. The fourth-order valence-corrected chi connectivity index (χ4v) is 2.40. The van der Waals surface area contributed by atoms with E-state index in [9.17, 15) is 4.79 Å². The van der Waals surface area contributed by atoms with Crippen molar-refractivity contribution >= 4 is 18.0 Å². The van der Waals surface area contributed by atoms with Crippen molar-refractivity contribution in [3.63, 3.8) is 0 Å². The maximum Gasteiger partial charge on any atom is 0.193 e. The first-order valence-electron chi connectivity index (χ1n) is 3.70. The fraction of sp³-hybridized carbons (Fsp3) is 0.375. The summed E-state index contributed by atoms with van der Waals surface area (Å²) in [6, 6.07) is 0. The Morgan fingerprint density at radius 2 is 2.25 bits per heavy atom. The molecule has 1 aliphatic rings. The zero-order valence-electron chi connectivity index (χ0n) is 6.70. The van der Waals surface area contributed by atoms with Gasteiger partial charge in [0, 0.05) is 22.8 Å². The summed E-state index contributed by atoms with van der Waals surface area (Å²) in [4.78, 5) is 18.6. The molecule has 0 spiro atoms. The van der Waals surface area contributed by atoms with E-state index in [1.54, 1.807) is 0 Å². The first-order chi connectivity index (χ1) is 5.81. The third-order valence-electron chi connectivity index (χ3n) is 1.91. The highest BCUT2D eigenvalue weighted by Gasteiger charge is 2.16. The summed E-state index contributed by atoms with van der Waals surface area (Å²) in [5.74, 6) is 2.22. The van der Waals surface area contributed by atoms with Crippen LogP contribution in [0.4, 0.5) is 0 Å². The van der Waals surface area contributed by atoms with Crippen LogP contribution < -0.4 is 0 Å². The van der Waals surface area contributed by atoms with Crippen LogP contribution in [0.25, 0.3) is 0 Å². The van der Waals surface area contributed by atoms with E-state index in [4.69, 9.17) is 0 Å². The van der Waals surface area contributed by atoms with Crippen LogP contribution in [-0.4, -0.2) is 16.3 Å². The minimum atomic E-state index is 0.314. The van der Waals surface area contributed by atoms with Gasteiger partial charge in [-0.1, -0.05) is 0 Å². The minimum absolute atomic E-state index is 0.314. The summed E-state index contributed by atoms with van der Waals surface area (Å²) in [6.45, 7) is 1.93. The molecule has 0 atom stereocenters. The van der Waals surface area contributed by atoms with Crippen molar-refractivity contribution in [3.05, 3.63) is 22.8 Å². The summed E-state index contributed by atoms with van der Waals surface area (Å²) < 4.78 is 0. The molecule has 4 heteroatoms. The molecule has 0 saturated carbocycles. The molecular formula is C8H8N2OS. The van der Waals surface area contributed by atoms with E-state index in [-0.39, 0.29) is 0 Å². The highest BCUT2D eigenvalue weighted by atomic mass is 32.2. The molecule has 3 nitrogen and oxygen atoms in total. The van der Waals surface area contributed by atoms with Gasteiger partial charge in [0.2, 0.25) is 0 Å². The lowest BCUT2D eigenvalue weighted by Gasteiger charge is -2.00. The second-order valence-corrected chi connectivity index (χ2v) is 3.69. The number of aromatic nitrogens is 2. The highest BCUT2D eigenvalue weighted by Crippen LogP contribution is 2.29. The van der Waals surface area contributed by atoms with Crippen LogP contribution in [0.15, 0.2) is 0 Å². The van der Waals surface area contributed by atoms with Crippen molar-refractivity contribution in [3.8, 4) is 0 Å². The topological polar surface area (TPSA) is 42.9 Å². The van der Waals surface area contributed by atoms with E-state index in [0.29, 0.717) is 12.1 Å². The Hall–Kier alpha value is -0.900. The number of aryl methyl sites for hydroxylation is 1. The molecule has 0 aliphatic carbocycles. The molecule has 0 bridgehead atoms. The van der Waals surface area contributed by atoms with E-state index in [2.05, 4.69) is 9.97 Å². The first kappa shape index (κ1) is 7.73. The Labute approximate surface area is 74.6 Å². The van der Waals surface area contributed by atoms with Crippen molar-refractivity contribution in [2.45, 2.75) is 18.4 Å². The molecule has 2 heterocycles. The van der Waals surface area contributed by atoms with E-state index < -0.39 is 0 Å². The largest absolute Gasteiger partial charge is 0.294 e. The Morgan fingerprint density at radius 3 is 3.00 bits per heavy atom. The standard InChI is InChI=1S/C8H8N2OS/c1-5-6-3-12-4-7(6)10-8(2-11)9-5/h2H,3-4H2,1H3. The smallest absolute Gasteiger partial charge is 0.193 e. The van der Waals surface area contributed by atoms with Gasteiger partial charge < -0.3 is 0 Å². The van der Waals surface area contributed by atoms with E-state index in [0.717, 1.165) is 22.9 Å². The van der Waals surface area contributed by atoms with Crippen LogP contribution in [-0.2, 0) is 11.5 Å². The number of fused-ring (bicyclic) bond motifs is 1. The number of thioether (sulfide) groups is 1. The molecule has 0 N–H and O–H groups in total. The first-order valence-corrected chi connectivity index (χ1v) is 4.86. The van der Waals surface area contributed by atoms with Gasteiger partial charge in [-0.2, -0.15) is 11.8 Å². The number of rotatable bonds is 1. The highest BCUT2D eigenvalue weighted by molar-refractivity contribution is 7.98. The molecule has 0 saturated heterocycles. The number of aldehydes is 1. The molecular weight excluding hydrogens is 172 g/mol. The lowest BCUT2D eigenvalue weighted by atomic mass is 10.2. The Kier molecular flexibility index (Phi) is 1.84. The van der Waals surface area contributed by atoms with Crippen LogP contribution in [0, 0.1) is 6.92 Å². The second-order valence-electron chi connectivity index (χ2n) is 2.70. The Bertz CT molecular complexity index is 338. The molecule has 0 radical (unpaired) electrons. The molecule has 0 fully saturated rings. The number of nitrogens with zero attached hydrogens (tertiary/aromatic N) is 2. The molecule has 62 valence electrons. The third kappa shape index (κ3) is 1.12. The van der Waals surface area contributed by atoms with Gasteiger partial charge in [0.15, 0.2) is 12.1 Å². The molecule has 1 aliphatic heterocycles. The molecule has 12 heavy (non-hydrogen) atoms. The quantitative estimate of drug-likeness (QED) is 0.612. The average Bonchev–Trinajstić information content (AvgIpc) is 2.52. The summed E-state index contributed by atoms with van der Waals surface area (Å²) in [7, 11) is 0. The van der Waals surface area contributed by atoms with Gasteiger partial charge in [-0.05, 0) is 6.92 Å². The normalized spacial score (nSPS) is 14.4. The predicted octanol–water partition coefficient (Wildman–Crippen LogP) is 1.34. The monoisotopic (exact) mass is 180 g/mol. The zero-order chi connectivity index (χ0) is 8.55. The van der Waals surface area contributed by atoms with Gasteiger partial charge in [0.05, 0.1) is 5.69 Å². The van der Waals surface area contributed by atoms with Crippen molar-refractivity contribution in [1.82, 2.24) is 9.97 Å². The molecule has 0 amide bonds. The summed E-state index contributed by atoms with van der Waals surface area (Å²) >= 11 is 1.82. The van der Waals surface area contributed by atoms with E-state index >= 15 is 0 Å². The van der Waals surface area contributed by atoms with Gasteiger partial charge in [-0.15, -0.1) is 0 Å². The van der Waals surface area contributed by atoms with Gasteiger partial charge in [-0.25, -0.2) is 9.97 Å². The van der Waals surface area contributed by atoms with Crippen LogP contribution in [0.2, 0.25) is 0 Å². The zero-order valence-corrected chi connectivity index (χ0v) is 7.52. The number of carbonyl (C=O) groups is 1. The summed E-state index contributed by atoms with van der Waals surface area (Å²) in [6.07, 6.45) is 0.705. The molecule has 1 aromatic heterocycles. The fourth-order valence-electron chi connectivity index (χ4n) is 1.29. The van der Waals surface area contributed by atoms with Crippen LogP contribution >= 0.6 is 11.8 Å². The molecule has 2 rings (SSSR count). The molecule has 0 aromatic carbocycles. The van der Waals surface area contributed by atoms with Gasteiger partial charge in [0.25, 0.3) is 0 Å². The van der Waals surface area contributed by atoms with Gasteiger partial charge >= 0.3 is 0 Å². The van der Waals surface area contributed by atoms with Gasteiger partial charge in [0.1, 0.15) is 0 Å². The summed E-state index contributed by atoms with van der Waals surface area (Å²) in [5.41, 5.74) is 3.20. The average molecular weight is 180 g/mol. The van der Waals surface area contributed by atoms with Crippen molar-refractivity contribution in [2.75, 3.05) is 0 Å². The maximum absolute atomic E-state index is 10.4. The van der Waals surface area contributed by atoms with E-state index in [1.807, 2.05) is 18.7 Å². The summed E-state index contributed by atoms with van der Waals surface area (Å²) in [5, 5.41) is 0. The number of carbonyl (C=O) groups excluding carboxylic acids is 1. The Morgan fingerprint density at radius 1 is 1.42 bits per heavy atom. The number of hydrogen-bond donors (Lipinski definition) is 0. The molecule has 0 unspecified atom stereocenters. The van der Waals surface area contributed by atoms with Gasteiger partial charge in [-0.3, -0.25) is 4.79 Å². The maximum atomic E-state index is 10.4. The van der Waals surface area contributed by atoms with E-state index in [1.165, 1.54) is 5.56 Å². The minimum Gasteiger partial charge on any atom is -0.294 e.